The molecule has 0 atom stereocenters. The van der Waals surface area contributed by atoms with Crippen LogP contribution >= 0.6 is 15.9 Å². The zero-order valence-corrected chi connectivity index (χ0v) is 13.7. The fraction of sp³-hybridized carbons (Fsp3) is 0.500. The van der Waals surface area contributed by atoms with Gasteiger partial charge in [-0.25, -0.2) is 0 Å². The molecule has 0 aliphatic rings. The summed E-state index contributed by atoms with van der Waals surface area (Å²) in [4.78, 5) is 12.4. The van der Waals surface area contributed by atoms with E-state index in [2.05, 4.69) is 27.3 Å². The Morgan fingerprint density at radius 2 is 2.00 bits per heavy atom. The summed E-state index contributed by atoms with van der Waals surface area (Å²) in [6, 6.07) is 10.0. The molecule has 0 aliphatic carbocycles. The maximum Gasteiger partial charge on any atom is 0.240 e. The molecular formula is C16H21BrN2O. The van der Waals surface area contributed by atoms with Gasteiger partial charge in [0.1, 0.15) is 5.41 Å². The number of nitrogens with zero attached hydrogens (tertiary/aromatic N) is 1. The van der Waals surface area contributed by atoms with E-state index in [-0.39, 0.29) is 5.91 Å². The van der Waals surface area contributed by atoms with Crippen molar-refractivity contribution in [3.63, 3.8) is 0 Å². The lowest BCUT2D eigenvalue weighted by molar-refractivity contribution is -0.129. The molecule has 1 amide bonds. The maximum absolute atomic E-state index is 12.4. The van der Waals surface area contributed by atoms with Gasteiger partial charge in [0.15, 0.2) is 0 Å². The molecule has 1 aromatic rings. The molecule has 0 saturated heterocycles. The molecule has 1 rings (SSSR count). The van der Waals surface area contributed by atoms with Crippen molar-refractivity contribution in [2.24, 2.45) is 5.41 Å². The zero-order valence-electron chi connectivity index (χ0n) is 12.1. The van der Waals surface area contributed by atoms with Crippen LogP contribution in [0.2, 0.25) is 0 Å². The molecule has 0 heterocycles. The van der Waals surface area contributed by atoms with E-state index >= 15 is 0 Å². The topological polar surface area (TPSA) is 52.9 Å². The van der Waals surface area contributed by atoms with Gasteiger partial charge in [-0.2, -0.15) is 5.26 Å². The highest BCUT2D eigenvalue weighted by Crippen LogP contribution is 2.29. The van der Waals surface area contributed by atoms with Crippen LogP contribution in [0.5, 0.6) is 0 Å². The van der Waals surface area contributed by atoms with Crippen molar-refractivity contribution in [1.29, 1.82) is 5.26 Å². The predicted molar refractivity (Wildman–Crippen MR) is 83.9 cm³/mol. The van der Waals surface area contributed by atoms with E-state index in [1.54, 1.807) is 0 Å². The van der Waals surface area contributed by atoms with Crippen LogP contribution in [-0.4, -0.2) is 5.91 Å². The van der Waals surface area contributed by atoms with Crippen molar-refractivity contribution in [3.8, 4) is 6.07 Å². The minimum Gasteiger partial charge on any atom is -0.351 e. The van der Waals surface area contributed by atoms with Crippen molar-refractivity contribution in [2.45, 2.75) is 46.1 Å². The summed E-state index contributed by atoms with van der Waals surface area (Å²) < 4.78 is 0.984. The molecule has 0 saturated carbocycles. The monoisotopic (exact) mass is 336 g/mol. The Labute approximate surface area is 129 Å². The Kier molecular flexibility index (Phi) is 6.74. The number of carbonyl (C=O) groups is 1. The van der Waals surface area contributed by atoms with Gasteiger partial charge in [0.2, 0.25) is 5.91 Å². The van der Waals surface area contributed by atoms with E-state index < -0.39 is 5.41 Å². The summed E-state index contributed by atoms with van der Waals surface area (Å²) in [6.45, 7) is 4.46. The van der Waals surface area contributed by atoms with Crippen LogP contribution in [-0.2, 0) is 11.3 Å². The number of rotatable bonds is 7. The number of hydrogen-bond acceptors (Lipinski definition) is 2. The molecule has 1 N–H and O–H groups in total. The molecule has 0 aliphatic heterocycles. The predicted octanol–water partition coefficient (Wildman–Crippen LogP) is 4.18. The van der Waals surface area contributed by atoms with Crippen LogP contribution < -0.4 is 5.32 Å². The standard InChI is InChI=1S/C16H21BrN2O/c1-3-8-16(12-18,9-4-2)15(20)19-11-13-6-5-7-14(17)10-13/h5-7,10H,3-4,8-9,11H2,1-2H3,(H,19,20). The molecule has 20 heavy (non-hydrogen) atoms. The summed E-state index contributed by atoms with van der Waals surface area (Å²) in [7, 11) is 0. The Morgan fingerprint density at radius 3 is 2.50 bits per heavy atom. The molecule has 4 heteroatoms. The van der Waals surface area contributed by atoms with Crippen LogP contribution in [0.3, 0.4) is 0 Å². The second kappa shape index (κ2) is 8.06. The van der Waals surface area contributed by atoms with Crippen molar-refractivity contribution < 1.29 is 4.79 Å². The first-order valence-corrected chi connectivity index (χ1v) is 7.81. The quantitative estimate of drug-likeness (QED) is 0.812. The van der Waals surface area contributed by atoms with E-state index in [0.717, 1.165) is 22.9 Å². The largest absolute Gasteiger partial charge is 0.351 e. The number of nitriles is 1. The van der Waals surface area contributed by atoms with Crippen LogP contribution in [0.25, 0.3) is 0 Å². The van der Waals surface area contributed by atoms with E-state index in [1.807, 2.05) is 38.1 Å². The third-order valence-electron chi connectivity index (χ3n) is 3.34. The lowest BCUT2D eigenvalue weighted by atomic mass is 9.79. The van der Waals surface area contributed by atoms with Gasteiger partial charge in [0, 0.05) is 11.0 Å². The number of amides is 1. The van der Waals surface area contributed by atoms with Crippen molar-refractivity contribution in [1.82, 2.24) is 5.32 Å². The van der Waals surface area contributed by atoms with Crippen LogP contribution in [0, 0.1) is 16.7 Å². The second-order valence-electron chi connectivity index (χ2n) is 5.01. The lowest BCUT2D eigenvalue weighted by Crippen LogP contribution is -2.39. The normalized spacial score (nSPS) is 10.9. The lowest BCUT2D eigenvalue weighted by Gasteiger charge is -2.24. The van der Waals surface area contributed by atoms with Crippen molar-refractivity contribution in [2.75, 3.05) is 0 Å². The second-order valence-corrected chi connectivity index (χ2v) is 5.92. The van der Waals surface area contributed by atoms with Gasteiger partial charge in [-0.05, 0) is 30.5 Å². The average Bonchev–Trinajstić information content (AvgIpc) is 2.44. The third-order valence-corrected chi connectivity index (χ3v) is 3.84. The minimum absolute atomic E-state index is 0.149. The highest BCUT2D eigenvalue weighted by atomic mass is 79.9. The Bertz CT molecular complexity index is 487. The fourth-order valence-electron chi connectivity index (χ4n) is 2.37. The number of nitrogens with one attached hydrogen (secondary N) is 1. The SMILES string of the molecule is CCCC(C#N)(CCC)C(=O)NCc1cccc(Br)c1. The number of carbonyl (C=O) groups excluding carboxylic acids is 1. The number of hydrogen-bond donors (Lipinski definition) is 1. The summed E-state index contributed by atoms with van der Waals surface area (Å²) in [5, 5.41) is 12.3. The van der Waals surface area contributed by atoms with Crippen molar-refractivity contribution >= 4 is 21.8 Å². The van der Waals surface area contributed by atoms with Crippen LogP contribution in [0.15, 0.2) is 28.7 Å². The Balaban J connectivity index is 2.74. The van der Waals surface area contributed by atoms with E-state index in [4.69, 9.17) is 0 Å². The minimum atomic E-state index is -0.879. The smallest absolute Gasteiger partial charge is 0.240 e. The molecule has 108 valence electrons. The van der Waals surface area contributed by atoms with Gasteiger partial charge in [0.05, 0.1) is 6.07 Å². The first-order valence-electron chi connectivity index (χ1n) is 7.02. The summed E-state index contributed by atoms with van der Waals surface area (Å²) >= 11 is 3.41. The average molecular weight is 337 g/mol. The molecule has 0 radical (unpaired) electrons. The summed E-state index contributed by atoms with van der Waals surface area (Å²) in [5.74, 6) is -0.149. The molecule has 1 aromatic carbocycles. The third kappa shape index (κ3) is 4.35. The summed E-state index contributed by atoms with van der Waals surface area (Å²) in [5.41, 5.74) is 0.141. The highest BCUT2D eigenvalue weighted by Gasteiger charge is 2.36. The van der Waals surface area contributed by atoms with Crippen LogP contribution in [0.1, 0.15) is 45.1 Å². The summed E-state index contributed by atoms with van der Waals surface area (Å²) in [6.07, 6.45) is 2.89. The molecule has 0 aromatic heterocycles. The first kappa shape index (κ1) is 16.7. The number of benzene rings is 1. The molecule has 0 unspecified atom stereocenters. The van der Waals surface area contributed by atoms with Gasteiger partial charge in [0.25, 0.3) is 0 Å². The molecule has 3 nitrogen and oxygen atoms in total. The van der Waals surface area contributed by atoms with E-state index in [0.29, 0.717) is 19.4 Å². The van der Waals surface area contributed by atoms with Crippen molar-refractivity contribution in [3.05, 3.63) is 34.3 Å². The molecular weight excluding hydrogens is 316 g/mol. The van der Waals surface area contributed by atoms with E-state index in [1.165, 1.54) is 0 Å². The van der Waals surface area contributed by atoms with Gasteiger partial charge in [-0.15, -0.1) is 0 Å². The molecule has 0 spiro atoms. The number of halogens is 1. The Morgan fingerprint density at radius 1 is 1.35 bits per heavy atom. The fourth-order valence-corrected chi connectivity index (χ4v) is 2.81. The van der Waals surface area contributed by atoms with Gasteiger partial charge in [-0.3, -0.25) is 4.79 Å². The zero-order chi connectivity index (χ0) is 15.0. The maximum atomic E-state index is 12.4. The molecule has 0 fully saturated rings. The van der Waals surface area contributed by atoms with Gasteiger partial charge < -0.3 is 5.32 Å². The van der Waals surface area contributed by atoms with Crippen LogP contribution in [0.4, 0.5) is 0 Å². The Hall–Kier alpha value is -1.34. The molecule has 0 bridgehead atoms. The first-order chi connectivity index (χ1) is 9.57. The van der Waals surface area contributed by atoms with E-state index in [9.17, 15) is 10.1 Å². The van der Waals surface area contributed by atoms with Gasteiger partial charge in [-0.1, -0.05) is 54.8 Å². The van der Waals surface area contributed by atoms with Gasteiger partial charge >= 0.3 is 0 Å². The highest BCUT2D eigenvalue weighted by molar-refractivity contribution is 9.10.